The molecule has 1 aromatic heterocycles. The third kappa shape index (κ3) is 5.12. The highest BCUT2D eigenvalue weighted by atomic mass is 16.2. The summed E-state index contributed by atoms with van der Waals surface area (Å²) in [6.07, 6.45) is 3.74. The number of carbonyl (C=O) groups is 1. The second-order valence-electron chi connectivity index (χ2n) is 7.58. The first kappa shape index (κ1) is 19.0. The molecule has 8 nitrogen and oxygen atoms in total. The normalized spacial score (nSPS) is 22.6. The predicted molar refractivity (Wildman–Crippen MR) is 102 cm³/mol. The van der Waals surface area contributed by atoms with E-state index in [0.29, 0.717) is 12.0 Å². The van der Waals surface area contributed by atoms with Crippen molar-refractivity contribution >= 4 is 11.9 Å². The predicted octanol–water partition coefficient (Wildman–Crippen LogP) is -0.155. The van der Waals surface area contributed by atoms with Gasteiger partial charge in [-0.25, -0.2) is 9.97 Å². The first-order valence-corrected chi connectivity index (χ1v) is 9.52. The van der Waals surface area contributed by atoms with Crippen LogP contribution in [0.4, 0.5) is 5.95 Å². The molecule has 8 heteroatoms. The third-order valence-corrected chi connectivity index (χ3v) is 4.90. The number of anilines is 1. The Kier molecular flexibility index (Phi) is 6.39. The molecule has 2 aliphatic rings. The topological polar surface area (TPSA) is 76.6 Å². The van der Waals surface area contributed by atoms with Gasteiger partial charge >= 0.3 is 0 Å². The van der Waals surface area contributed by atoms with Crippen molar-refractivity contribution in [2.45, 2.75) is 32.5 Å². The second-order valence-corrected chi connectivity index (χ2v) is 7.58. The molecule has 144 valence electrons. The Morgan fingerprint density at radius 1 is 1.23 bits per heavy atom. The van der Waals surface area contributed by atoms with Crippen LogP contribution < -0.4 is 10.6 Å². The lowest BCUT2D eigenvalue weighted by atomic mass is 10.1. The van der Waals surface area contributed by atoms with Crippen molar-refractivity contribution in [3.63, 3.8) is 0 Å². The van der Waals surface area contributed by atoms with Crippen molar-refractivity contribution < 1.29 is 4.79 Å². The van der Waals surface area contributed by atoms with Gasteiger partial charge in [0.2, 0.25) is 11.9 Å². The van der Waals surface area contributed by atoms with Gasteiger partial charge < -0.3 is 20.4 Å². The molecule has 2 fully saturated rings. The van der Waals surface area contributed by atoms with Gasteiger partial charge in [0, 0.05) is 76.4 Å². The summed E-state index contributed by atoms with van der Waals surface area (Å²) in [5.41, 5.74) is 1.08. The van der Waals surface area contributed by atoms with Gasteiger partial charge in [0.1, 0.15) is 0 Å². The van der Waals surface area contributed by atoms with Crippen LogP contribution in [0, 0.1) is 0 Å². The molecule has 3 heterocycles. The van der Waals surface area contributed by atoms with Gasteiger partial charge in [-0.1, -0.05) is 0 Å². The van der Waals surface area contributed by atoms with Crippen LogP contribution in [0.1, 0.15) is 19.4 Å². The fraction of sp³-hybridized carbons (Fsp3) is 0.722. The van der Waals surface area contributed by atoms with Crippen molar-refractivity contribution in [1.29, 1.82) is 0 Å². The number of hydrogen-bond acceptors (Lipinski definition) is 7. The number of aromatic nitrogens is 2. The Hall–Kier alpha value is -1.77. The van der Waals surface area contributed by atoms with E-state index in [1.54, 1.807) is 0 Å². The van der Waals surface area contributed by atoms with E-state index in [4.69, 9.17) is 0 Å². The molecular formula is C18H31N7O. The number of piperazine rings is 2. The van der Waals surface area contributed by atoms with Gasteiger partial charge in [0.15, 0.2) is 0 Å². The van der Waals surface area contributed by atoms with Crippen molar-refractivity contribution in [3.8, 4) is 0 Å². The van der Waals surface area contributed by atoms with Crippen LogP contribution in [0.15, 0.2) is 12.4 Å². The molecule has 2 N–H and O–H groups in total. The zero-order valence-electron chi connectivity index (χ0n) is 16.1. The molecule has 3 rings (SSSR count). The number of carbonyl (C=O) groups excluding carboxylic acids is 1. The molecule has 1 aromatic rings. The van der Waals surface area contributed by atoms with Crippen molar-refractivity contribution in [3.05, 3.63) is 18.0 Å². The van der Waals surface area contributed by atoms with Crippen molar-refractivity contribution in [2.75, 3.05) is 58.2 Å². The molecule has 0 aliphatic carbocycles. The molecule has 1 unspecified atom stereocenters. The van der Waals surface area contributed by atoms with Crippen LogP contribution in [-0.2, 0) is 11.3 Å². The number of amides is 1. The Morgan fingerprint density at radius 3 is 2.58 bits per heavy atom. The average Bonchev–Trinajstić information content (AvgIpc) is 2.63. The lowest BCUT2D eigenvalue weighted by Gasteiger charge is -2.38. The smallest absolute Gasteiger partial charge is 0.241 e. The van der Waals surface area contributed by atoms with Crippen LogP contribution in [0.2, 0.25) is 0 Å². The maximum Gasteiger partial charge on any atom is 0.241 e. The van der Waals surface area contributed by atoms with E-state index >= 15 is 0 Å². The fourth-order valence-corrected chi connectivity index (χ4v) is 3.39. The van der Waals surface area contributed by atoms with Gasteiger partial charge in [0.05, 0.1) is 6.04 Å². The second kappa shape index (κ2) is 8.75. The lowest BCUT2D eigenvalue weighted by Crippen LogP contribution is -2.59. The minimum atomic E-state index is -0.116. The lowest BCUT2D eigenvalue weighted by molar-refractivity contribution is -0.136. The van der Waals surface area contributed by atoms with E-state index in [2.05, 4.69) is 51.3 Å². The van der Waals surface area contributed by atoms with Gasteiger partial charge in [-0.3, -0.25) is 9.69 Å². The Balaban J connectivity index is 1.52. The molecule has 1 amide bonds. The van der Waals surface area contributed by atoms with E-state index in [-0.39, 0.29) is 11.9 Å². The molecule has 2 saturated heterocycles. The molecule has 0 radical (unpaired) electrons. The molecular weight excluding hydrogens is 330 g/mol. The molecule has 0 saturated carbocycles. The van der Waals surface area contributed by atoms with Gasteiger partial charge in [-0.15, -0.1) is 0 Å². The van der Waals surface area contributed by atoms with Crippen molar-refractivity contribution in [2.24, 2.45) is 0 Å². The van der Waals surface area contributed by atoms with Crippen LogP contribution in [0.5, 0.6) is 0 Å². The quantitative estimate of drug-likeness (QED) is 0.755. The first-order chi connectivity index (χ1) is 12.5. The summed E-state index contributed by atoms with van der Waals surface area (Å²) in [7, 11) is 2.10. The highest BCUT2D eigenvalue weighted by Crippen LogP contribution is 2.10. The molecule has 0 aromatic carbocycles. The van der Waals surface area contributed by atoms with Crippen LogP contribution in [0.3, 0.4) is 0 Å². The summed E-state index contributed by atoms with van der Waals surface area (Å²) in [5.74, 6) is 0.891. The Labute approximate surface area is 156 Å². The monoisotopic (exact) mass is 361 g/mol. The number of hydrogen-bond donors (Lipinski definition) is 2. The number of likely N-dealkylation sites (N-methyl/N-ethyl adjacent to an activating group) is 1. The van der Waals surface area contributed by atoms with Crippen LogP contribution in [-0.4, -0.2) is 95.5 Å². The zero-order chi connectivity index (χ0) is 18.5. The summed E-state index contributed by atoms with van der Waals surface area (Å²) in [4.78, 5) is 28.1. The summed E-state index contributed by atoms with van der Waals surface area (Å²) in [6, 6.07) is 0.199. The summed E-state index contributed by atoms with van der Waals surface area (Å²) < 4.78 is 0. The first-order valence-electron chi connectivity index (χ1n) is 9.52. The SMILES string of the molecule is CC(C)Nc1ncc(CN2CCNC(C(=O)N3CCN(C)CC3)C2)cn1. The van der Waals surface area contributed by atoms with Gasteiger partial charge in [-0.05, 0) is 20.9 Å². The largest absolute Gasteiger partial charge is 0.352 e. The molecule has 1 atom stereocenters. The zero-order valence-corrected chi connectivity index (χ0v) is 16.1. The minimum Gasteiger partial charge on any atom is -0.352 e. The van der Waals surface area contributed by atoms with Crippen LogP contribution in [0.25, 0.3) is 0 Å². The minimum absolute atomic E-state index is 0.116. The van der Waals surface area contributed by atoms with Crippen molar-refractivity contribution in [1.82, 2.24) is 30.0 Å². The highest BCUT2D eigenvalue weighted by molar-refractivity contribution is 5.82. The Bertz CT molecular complexity index is 584. The maximum absolute atomic E-state index is 12.8. The Morgan fingerprint density at radius 2 is 1.92 bits per heavy atom. The van der Waals surface area contributed by atoms with E-state index in [0.717, 1.165) is 57.9 Å². The standard InChI is InChI=1S/C18H31N7O/c1-14(2)22-18-20-10-15(11-21-18)12-24-5-4-19-16(13-24)17(26)25-8-6-23(3)7-9-25/h10-11,14,16,19H,4-9,12-13H2,1-3H3,(H,20,21,22). The summed E-state index contributed by atoms with van der Waals surface area (Å²) >= 11 is 0. The third-order valence-electron chi connectivity index (χ3n) is 4.90. The van der Waals surface area contributed by atoms with Crippen LogP contribution >= 0.6 is 0 Å². The number of rotatable bonds is 5. The molecule has 0 bridgehead atoms. The highest BCUT2D eigenvalue weighted by Gasteiger charge is 2.30. The average molecular weight is 361 g/mol. The maximum atomic E-state index is 12.8. The van der Waals surface area contributed by atoms with Gasteiger partial charge in [-0.2, -0.15) is 0 Å². The summed E-state index contributed by atoms with van der Waals surface area (Å²) in [5, 5.41) is 6.58. The molecule has 2 aliphatic heterocycles. The number of nitrogens with zero attached hydrogens (tertiary/aromatic N) is 5. The fourth-order valence-electron chi connectivity index (χ4n) is 3.39. The molecule has 0 spiro atoms. The molecule has 26 heavy (non-hydrogen) atoms. The number of nitrogens with one attached hydrogen (secondary N) is 2. The van der Waals surface area contributed by atoms with E-state index in [1.165, 1.54) is 0 Å². The van der Waals surface area contributed by atoms with Gasteiger partial charge in [0.25, 0.3) is 0 Å². The van der Waals surface area contributed by atoms with E-state index in [1.807, 2.05) is 17.3 Å². The summed E-state index contributed by atoms with van der Waals surface area (Å²) in [6.45, 7) is 11.0. The van der Waals surface area contributed by atoms with E-state index in [9.17, 15) is 4.79 Å². The van der Waals surface area contributed by atoms with E-state index < -0.39 is 0 Å².